The number of esters is 1. The second kappa shape index (κ2) is 7.53. The van der Waals surface area contributed by atoms with Crippen molar-refractivity contribution in [3.8, 4) is 5.75 Å². The van der Waals surface area contributed by atoms with Gasteiger partial charge in [0.2, 0.25) is 10.0 Å². The number of hydrogen-bond acceptors (Lipinski definition) is 6. The van der Waals surface area contributed by atoms with Gasteiger partial charge in [-0.1, -0.05) is 6.92 Å². The van der Waals surface area contributed by atoms with E-state index in [1.54, 1.807) is 6.92 Å². The van der Waals surface area contributed by atoms with Crippen molar-refractivity contribution < 1.29 is 27.3 Å². The highest BCUT2D eigenvalue weighted by atomic mass is 32.2. The van der Waals surface area contributed by atoms with Crippen LogP contribution in [0.15, 0.2) is 23.1 Å². The minimum absolute atomic E-state index is 0.0250. The summed E-state index contributed by atoms with van der Waals surface area (Å²) in [7, 11) is -3.80. The number of ether oxygens (including phenoxy) is 1. The SMILES string of the molecule is CCS(=O)CCNS(=O)(=O)c1ccc(O)c(C(=O)OC)c1. The van der Waals surface area contributed by atoms with Crippen molar-refractivity contribution in [3.63, 3.8) is 0 Å². The third kappa shape index (κ3) is 4.80. The molecule has 1 aromatic carbocycles. The monoisotopic (exact) mass is 335 g/mol. The summed E-state index contributed by atoms with van der Waals surface area (Å²) in [5.41, 5.74) is -0.238. The number of rotatable bonds is 7. The number of phenols is 1. The van der Waals surface area contributed by atoms with Crippen molar-refractivity contribution in [2.45, 2.75) is 11.8 Å². The number of hydrogen-bond donors (Lipinski definition) is 2. The predicted molar refractivity (Wildman–Crippen MR) is 78.2 cm³/mol. The largest absolute Gasteiger partial charge is 0.507 e. The van der Waals surface area contributed by atoms with Gasteiger partial charge in [0.05, 0.1) is 12.0 Å². The Hall–Kier alpha value is -1.45. The summed E-state index contributed by atoms with van der Waals surface area (Å²) >= 11 is 0. The van der Waals surface area contributed by atoms with Gasteiger partial charge in [-0.25, -0.2) is 17.9 Å². The van der Waals surface area contributed by atoms with Crippen LogP contribution in [0.2, 0.25) is 0 Å². The number of carbonyl (C=O) groups is 1. The van der Waals surface area contributed by atoms with Crippen molar-refractivity contribution in [1.29, 1.82) is 0 Å². The fourth-order valence-corrected chi connectivity index (χ4v) is 3.28. The molecule has 0 heterocycles. The predicted octanol–water partition coefficient (Wildman–Crippen LogP) is 0.226. The molecule has 0 amide bonds. The van der Waals surface area contributed by atoms with E-state index in [1.165, 1.54) is 6.07 Å². The number of benzene rings is 1. The van der Waals surface area contributed by atoms with Crippen LogP contribution in [0, 0.1) is 0 Å². The molecule has 1 aromatic rings. The average molecular weight is 335 g/mol. The maximum absolute atomic E-state index is 12.0. The highest BCUT2D eigenvalue weighted by Gasteiger charge is 2.19. The number of methoxy groups -OCH3 is 1. The molecule has 0 aliphatic rings. The first kappa shape index (κ1) is 17.6. The van der Waals surface area contributed by atoms with Crippen LogP contribution in [-0.4, -0.2) is 48.9 Å². The summed E-state index contributed by atoms with van der Waals surface area (Å²) in [6.45, 7) is 1.77. The molecule has 0 spiro atoms. The number of sulfonamides is 1. The molecule has 1 rings (SSSR count). The van der Waals surface area contributed by atoms with E-state index in [2.05, 4.69) is 9.46 Å². The van der Waals surface area contributed by atoms with Crippen LogP contribution in [0.4, 0.5) is 0 Å². The molecule has 2 N–H and O–H groups in total. The molecule has 0 bridgehead atoms. The van der Waals surface area contributed by atoms with Gasteiger partial charge < -0.3 is 9.84 Å². The number of carbonyl (C=O) groups excluding carboxylic acids is 1. The quantitative estimate of drug-likeness (QED) is 0.690. The Balaban J connectivity index is 2.93. The summed E-state index contributed by atoms with van der Waals surface area (Å²) < 4.78 is 42.1. The number of aromatic hydroxyl groups is 1. The summed E-state index contributed by atoms with van der Waals surface area (Å²) in [5.74, 6) is -0.546. The minimum atomic E-state index is -3.85. The molecular formula is C12H17NO6S2. The fraction of sp³-hybridized carbons (Fsp3) is 0.417. The zero-order chi connectivity index (χ0) is 16.0. The van der Waals surface area contributed by atoms with Crippen LogP contribution in [0.5, 0.6) is 5.75 Å². The first-order chi connectivity index (χ1) is 9.81. The van der Waals surface area contributed by atoms with Gasteiger partial charge in [0.1, 0.15) is 11.3 Å². The Morgan fingerprint density at radius 3 is 2.67 bits per heavy atom. The molecule has 1 unspecified atom stereocenters. The normalized spacial score (nSPS) is 12.9. The topological polar surface area (TPSA) is 110 Å². The van der Waals surface area contributed by atoms with Crippen LogP contribution in [0.25, 0.3) is 0 Å². The van der Waals surface area contributed by atoms with E-state index in [-0.39, 0.29) is 28.5 Å². The molecule has 0 aliphatic carbocycles. The Bertz CT molecular complexity index is 641. The smallest absolute Gasteiger partial charge is 0.341 e. The van der Waals surface area contributed by atoms with Gasteiger partial charge in [-0.05, 0) is 18.2 Å². The molecule has 0 saturated heterocycles. The summed E-state index contributed by atoms with van der Waals surface area (Å²) in [6, 6.07) is 3.30. The molecule has 0 fully saturated rings. The fourth-order valence-electron chi connectivity index (χ4n) is 1.47. The first-order valence-corrected chi connectivity index (χ1v) is 9.05. The summed E-state index contributed by atoms with van der Waals surface area (Å²) in [6.07, 6.45) is 0. The Morgan fingerprint density at radius 1 is 1.43 bits per heavy atom. The molecule has 0 radical (unpaired) electrons. The lowest BCUT2D eigenvalue weighted by molar-refractivity contribution is 0.0597. The van der Waals surface area contributed by atoms with E-state index in [9.17, 15) is 22.5 Å². The Labute approximate surface area is 125 Å². The molecule has 21 heavy (non-hydrogen) atoms. The third-order valence-electron chi connectivity index (χ3n) is 2.63. The van der Waals surface area contributed by atoms with Crippen molar-refractivity contribution in [2.24, 2.45) is 0 Å². The second-order valence-electron chi connectivity index (χ2n) is 4.00. The first-order valence-electron chi connectivity index (χ1n) is 6.07. The molecule has 7 nitrogen and oxygen atoms in total. The highest BCUT2D eigenvalue weighted by molar-refractivity contribution is 7.89. The van der Waals surface area contributed by atoms with Crippen molar-refractivity contribution >= 4 is 26.8 Å². The Kier molecular flexibility index (Phi) is 6.31. The molecule has 9 heteroatoms. The van der Waals surface area contributed by atoms with Crippen LogP contribution < -0.4 is 4.72 Å². The van der Waals surface area contributed by atoms with E-state index < -0.39 is 26.8 Å². The average Bonchev–Trinajstić information content (AvgIpc) is 2.46. The van der Waals surface area contributed by atoms with E-state index in [0.29, 0.717) is 5.75 Å². The number of phenolic OH excluding ortho intramolecular Hbond substituents is 1. The number of nitrogens with one attached hydrogen (secondary N) is 1. The van der Waals surface area contributed by atoms with Gasteiger partial charge in [-0.3, -0.25) is 4.21 Å². The zero-order valence-corrected chi connectivity index (χ0v) is 13.3. The minimum Gasteiger partial charge on any atom is -0.507 e. The molecule has 1 atom stereocenters. The van der Waals surface area contributed by atoms with Gasteiger partial charge >= 0.3 is 5.97 Å². The maximum atomic E-state index is 12.0. The lowest BCUT2D eigenvalue weighted by Gasteiger charge is -2.08. The van der Waals surface area contributed by atoms with E-state index in [4.69, 9.17) is 0 Å². The third-order valence-corrected chi connectivity index (χ3v) is 5.39. The van der Waals surface area contributed by atoms with Gasteiger partial charge in [0.25, 0.3) is 0 Å². The molecule has 118 valence electrons. The standard InChI is InChI=1S/C12H17NO6S2/c1-3-20(16)7-6-13-21(17,18)9-4-5-11(14)10(8-9)12(15)19-2/h4-5,8,13-14H,3,6-7H2,1-2H3. The van der Waals surface area contributed by atoms with Crippen molar-refractivity contribution in [3.05, 3.63) is 23.8 Å². The summed E-state index contributed by atoms with van der Waals surface area (Å²) in [5, 5.41) is 9.53. The maximum Gasteiger partial charge on any atom is 0.341 e. The Morgan fingerprint density at radius 2 is 2.10 bits per heavy atom. The van der Waals surface area contributed by atoms with Gasteiger partial charge in [-0.15, -0.1) is 0 Å². The van der Waals surface area contributed by atoms with Crippen molar-refractivity contribution in [2.75, 3.05) is 25.2 Å². The van der Waals surface area contributed by atoms with Crippen LogP contribution in [-0.2, 0) is 25.6 Å². The van der Waals surface area contributed by atoms with Crippen LogP contribution in [0.3, 0.4) is 0 Å². The van der Waals surface area contributed by atoms with Crippen LogP contribution in [0.1, 0.15) is 17.3 Å². The zero-order valence-electron chi connectivity index (χ0n) is 11.7. The van der Waals surface area contributed by atoms with Crippen LogP contribution >= 0.6 is 0 Å². The lowest BCUT2D eigenvalue weighted by Crippen LogP contribution is -2.28. The summed E-state index contributed by atoms with van der Waals surface area (Å²) in [4.78, 5) is 11.2. The lowest BCUT2D eigenvalue weighted by atomic mass is 10.2. The molecule has 0 aromatic heterocycles. The highest BCUT2D eigenvalue weighted by Crippen LogP contribution is 2.21. The van der Waals surface area contributed by atoms with Gasteiger partial charge in [0, 0.05) is 28.9 Å². The molecular weight excluding hydrogens is 318 g/mol. The van der Waals surface area contributed by atoms with E-state index in [1.807, 2.05) is 0 Å². The van der Waals surface area contributed by atoms with Crippen molar-refractivity contribution in [1.82, 2.24) is 4.72 Å². The van der Waals surface area contributed by atoms with Gasteiger partial charge in [-0.2, -0.15) is 0 Å². The molecule has 0 aliphatic heterocycles. The van der Waals surface area contributed by atoms with E-state index >= 15 is 0 Å². The molecule has 0 saturated carbocycles. The second-order valence-corrected chi connectivity index (χ2v) is 7.63. The van der Waals surface area contributed by atoms with E-state index in [0.717, 1.165) is 19.2 Å². The van der Waals surface area contributed by atoms with Gasteiger partial charge in [0.15, 0.2) is 0 Å².